The summed E-state index contributed by atoms with van der Waals surface area (Å²) in [5.74, 6) is 0. The summed E-state index contributed by atoms with van der Waals surface area (Å²) in [5, 5.41) is 3.16. The molecule has 3 heteroatoms. The quantitative estimate of drug-likeness (QED) is 0.600. The Balaban J connectivity index is 2.00. The molecule has 94 valence electrons. The van der Waals surface area contributed by atoms with Crippen LogP contribution in [0.1, 0.15) is 5.56 Å². The topological polar surface area (TPSA) is 12.9 Å². The molecule has 3 aromatic rings. The summed E-state index contributed by atoms with van der Waals surface area (Å²) in [7, 11) is 0. The van der Waals surface area contributed by atoms with Gasteiger partial charge in [-0.3, -0.25) is 0 Å². The highest BCUT2D eigenvalue weighted by Gasteiger charge is 2.08. The van der Waals surface area contributed by atoms with Crippen LogP contribution in [0.15, 0.2) is 58.4 Å². The number of aromatic nitrogens is 1. The molecule has 0 aliphatic heterocycles. The second-order valence-electron chi connectivity index (χ2n) is 4.38. The number of benzene rings is 2. The average Bonchev–Trinajstić information content (AvgIpc) is 2.89. The van der Waals surface area contributed by atoms with Gasteiger partial charge in [-0.15, -0.1) is 11.3 Å². The zero-order valence-corrected chi connectivity index (χ0v) is 12.8. The molecule has 0 bridgehead atoms. The Morgan fingerprint density at radius 2 is 1.74 bits per heavy atom. The van der Waals surface area contributed by atoms with Crippen LogP contribution in [0.2, 0.25) is 0 Å². The third kappa shape index (κ3) is 2.62. The first-order valence-corrected chi connectivity index (χ1v) is 7.69. The Hall–Kier alpha value is -1.45. The van der Waals surface area contributed by atoms with Crippen molar-refractivity contribution in [2.24, 2.45) is 0 Å². The normalized spacial score (nSPS) is 10.6. The van der Waals surface area contributed by atoms with E-state index in [1.54, 1.807) is 11.3 Å². The van der Waals surface area contributed by atoms with Gasteiger partial charge in [-0.25, -0.2) is 4.98 Å². The number of nitrogens with zero attached hydrogens (tertiary/aromatic N) is 1. The third-order valence-corrected chi connectivity index (χ3v) is 4.52. The number of halogens is 1. The molecule has 2 aromatic carbocycles. The van der Waals surface area contributed by atoms with E-state index in [4.69, 9.17) is 4.98 Å². The van der Waals surface area contributed by atoms with E-state index in [0.717, 1.165) is 20.7 Å². The van der Waals surface area contributed by atoms with Crippen LogP contribution in [-0.4, -0.2) is 4.98 Å². The van der Waals surface area contributed by atoms with Gasteiger partial charge in [-0.2, -0.15) is 0 Å². The van der Waals surface area contributed by atoms with Crippen molar-refractivity contribution in [1.82, 2.24) is 4.98 Å². The highest BCUT2D eigenvalue weighted by molar-refractivity contribution is 9.10. The Bertz CT molecular complexity index is 701. The summed E-state index contributed by atoms with van der Waals surface area (Å²) in [6.45, 7) is 2.09. The molecule has 0 spiro atoms. The first-order chi connectivity index (χ1) is 9.24. The Labute approximate surface area is 125 Å². The summed E-state index contributed by atoms with van der Waals surface area (Å²) in [6.07, 6.45) is 0. The average molecular weight is 330 g/mol. The van der Waals surface area contributed by atoms with Crippen molar-refractivity contribution in [3.63, 3.8) is 0 Å². The minimum Gasteiger partial charge on any atom is -0.236 e. The second kappa shape index (κ2) is 5.27. The first-order valence-electron chi connectivity index (χ1n) is 6.01. The van der Waals surface area contributed by atoms with Gasteiger partial charge >= 0.3 is 0 Å². The van der Waals surface area contributed by atoms with Crippen molar-refractivity contribution >= 4 is 27.3 Å². The van der Waals surface area contributed by atoms with Gasteiger partial charge in [0.25, 0.3) is 0 Å². The number of thiazole rings is 1. The van der Waals surface area contributed by atoms with E-state index in [1.807, 2.05) is 18.2 Å². The SMILES string of the molecule is Cc1ccc(-c2csc(-c3ccccc3Br)n2)cc1. The maximum atomic E-state index is 4.73. The zero-order chi connectivity index (χ0) is 13.2. The molecule has 0 unspecified atom stereocenters. The van der Waals surface area contributed by atoms with Crippen LogP contribution in [-0.2, 0) is 0 Å². The van der Waals surface area contributed by atoms with Gasteiger partial charge in [0.05, 0.1) is 5.69 Å². The number of aryl methyl sites for hydroxylation is 1. The highest BCUT2D eigenvalue weighted by Crippen LogP contribution is 2.33. The summed E-state index contributed by atoms with van der Waals surface area (Å²) < 4.78 is 1.08. The molecule has 3 rings (SSSR count). The molecule has 1 aromatic heterocycles. The molecule has 0 saturated carbocycles. The molecule has 1 heterocycles. The van der Waals surface area contributed by atoms with E-state index < -0.39 is 0 Å². The van der Waals surface area contributed by atoms with Crippen molar-refractivity contribution in [3.8, 4) is 21.8 Å². The van der Waals surface area contributed by atoms with Crippen molar-refractivity contribution in [1.29, 1.82) is 0 Å². The van der Waals surface area contributed by atoms with Crippen molar-refractivity contribution < 1.29 is 0 Å². The van der Waals surface area contributed by atoms with E-state index in [9.17, 15) is 0 Å². The fourth-order valence-corrected chi connectivity index (χ4v) is 3.36. The fraction of sp³-hybridized carbons (Fsp3) is 0.0625. The molecule has 0 radical (unpaired) electrons. The minimum atomic E-state index is 1.04. The van der Waals surface area contributed by atoms with Crippen molar-refractivity contribution in [2.75, 3.05) is 0 Å². The molecule has 1 nitrogen and oxygen atoms in total. The molecule has 19 heavy (non-hydrogen) atoms. The first kappa shape index (κ1) is 12.6. The van der Waals surface area contributed by atoms with Crippen molar-refractivity contribution in [2.45, 2.75) is 6.92 Å². The number of hydrogen-bond donors (Lipinski definition) is 0. The molecule has 0 aliphatic carbocycles. The molecule has 0 aliphatic rings. The Morgan fingerprint density at radius 1 is 1.00 bits per heavy atom. The lowest BCUT2D eigenvalue weighted by molar-refractivity contribution is 1.38. The molecule has 0 amide bonds. The van der Waals surface area contributed by atoms with Crippen LogP contribution in [0.4, 0.5) is 0 Å². The molecular formula is C16H12BrNS. The van der Waals surface area contributed by atoms with Crippen LogP contribution in [0.25, 0.3) is 21.8 Å². The predicted octanol–water partition coefficient (Wildman–Crippen LogP) is 5.55. The van der Waals surface area contributed by atoms with Gasteiger partial charge in [-0.1, -0.05) is 64.0 Å². The standard InChI is InChI=1S/C16H12BrNS/c1-11-6-8-12(9-7-11)15-10-19-16(18-15)13-4-2-3-5-14(13)17/h2-10H,1H3. The lowest BCUT2D eigenvalue weighted by Crippen LogP contribution is -1.81. The number of rotatable bonds is 2. The van der Waals surface area contributed by atoms with E-state index >= 15 is 0 Å². The third-order valence-electron chi connectivity index (χ3n) is 2.96. The number of hydrogen-bond acceptors (Lipinski definition) is 2. The molecule has 0 atom stereocenters. The van der Waals surface area contributed by atoms with Gasteiger partial charge in [0.2, 0.25) is 0 Å². The molecule has 0 fully saturated rings. The van der Waals surface area contributed by atoms with E-state index in [1.165, 1.54) is 11.1 Å². The summed E-state index contributed by atoms with van der Waals surface area (Å²) in [6, 6.07) is 16.7. The van der Waals surface area contributed by atoms with E-state index in [2.05, 4.69) is 58.6 Å². The monoisotopic (exact) mass is 329 g/mol. The van der Waals surface area contributed by atoms with Crippen LogP contribution in [0, 0.1) is 6.92 Å². The van der Waals surface area contributed by atoms with Crippen LogP contribution in [0.5, 0.6) is 0 Å². The van der Waals surface area contributed by atoms with E-state index in [-0.39, 0.29) is 0 Å². The van der Waals surface area contributed by atoms with Crippen LogP contribution >= 0.6 is 27.3 Å². The van der Waals surface area contributed by atoms with Crippen molar-refractivity contribution in [3.05, 3.63) is 63.9 Å². The summed E-state index contributed by atoms with van der Waals surface area (Å²) in [4.78, 5) is 4.73. The molecular weight excluding hydrogens is 318 g/mol. The Kier molecular flexibility index (Phi) is 3.49. The predicted molar refractivity (Wildman–Crippen MR) is 85.4 cm³/mol. The van der Waals surface area contributed by atoms with Crippen LogP contribution in [0.3, 0.4) is 0 Å². The van der Waals surface area contributed by atoms with Gasteiger partial charge in [0.15, 0.2) is 0 Å². The van der Waals surface area contributed by atoms with Gasteiger partial charge in [0, 0.05) is 21.0 Å². The lowest BCUT2D eigenvalue weighted by atomic mass is 10.1. The maximum Gasteiger partial charge on any atom is 0.125 e. The van der Waals surface area contributed by atoms with Gasteiger partial charge < -0.3 is 0 Å². The Morgan fingerprint density at radius 3 is 2.47 bits per heavy atom. The van der Waals surface area contributed by atoms with Gasteiger partial charge in [0.1, 0.15) is 5.01 Å². The fourth-order valence-electron chi connectivity index (χ4n) is 1.89. The molecule has 0 N–H and O–H groups in total. The smallest absolute Gasteiger partial charge is 0.125 e. The summed E-state index contributed by atoms with van der Waals surface area (Å²) >= 11 is 5.25. The minimum absolute atomic E-state index is 1.04. The zero-order valence-electron chi connectivity index (χ0n) is 10.4. The summed E-state index contributed by atoms with van der Waals surface area (Å²) in [5.41, 5.74) is 4.62. The lowest BCUT2D eigenvalue weighted by Gasteiger charge is -1.99. The second-order valence-corrected chi connectivity index (χ2v) is 6.10. The molecule has 0 saturated heterocycles. The maximum absolute atomic E-state index is 4.73. The largest absolute Gasteiger partial charge is 0.236 e. The van der Waals surface area contributed by atoms with Gasteiger partial charge in [-0.05, 0) is 13.0 Å². The highest BCUT2D eigenvalue weighted by atomic mass is 79.9. The van der Waals surface area contributed by atoms with Crippen LogP contribution < -0.4 is 0 Å². The van der Waals surface area contributed by atoms with E-state index in [0.29, 0.717) is 0 Å².